The van der Waals surface area contributed by atoms with Gasteiger partial charge in [-0.15, -0.1) is 0 Å². The van der Waals surface area contributed by atoms with Crippen LogP contribution >= 0.6 is 0 Å². The largest absolute Gasteiger partial charge is 0.310 e. The molecule has 0 aliphatic heterocycles. The zero-order valence-corrected chi connectivity index (χ0v) is 30.6. The fourth-order valence-electron chi connectivity index (χ4n) is 8.61. The zero-order chi connectivity index (χ0) is 37.9. The lowest BCUT2D eigenvalue weighted by Crippen LogP contribution is -1.99. The van der Waals surface area contributed by atoms with Gasteiger partial charge in [-0.1, -0.05) is 104 Å². The van der Waals surface area contributed by atoms with Gasteiger partial charge >= 0.3 is 0 Å². The van der Waals surface area contributed by atoms with Gasteiger partial charge in [0.2, 0.25) is 0 Å². The van der Waals surface area contributed by atoms with E-state index in [-0.39, 0.29) is 0 Å². The van der Waals surface area contributed by atoms with Gasteiger partial charge in [0.1, 0.15) is 6.07 Å². The number of rotatable bonds is 6. The van der Waals surface area contributed by atoms with E-state index in [4.69, 9.17) is 0 Å². The third-order valence-electron chi connectivity index (χ3n) is 11.0. The number of nitrogens with zero attached hydrogens (tertiary/aromatic N) is 5. The average Bonchev–Trinajstić information content (AvgIpc) is 3.87. The number of nitriles is 2. The summed E-state index contributed by atoms with van der Waals surface area (Å²) in [6, 6.07) is 57.2. The highest BCUT2D eigenvalue weighted by molar-refractivity contribution is 6.11. The van der Waals surface area contributed by atoms with Crippen molar-refractivity contribution in [3.8, 4) is 40.3 Å². The molecule has 56 heavy (non-hydrogen) atoms. The van der Waals surface area contributed by atoms with Crippen LogP contribution in [0.1, 0.15) is 22.4 Å². The fraction of sp³-hybridized carbons (Fsp3) is 0.0196. The molecule has 10 aromatic rings. The normalized spacial score (nSPS) is 11.6. The van der Waals surface area contributed by atoms with Gasteiger partial charge in [-0.3, -0.25) is 0 Å². The highest BCUT2D eigenvalue weighted by atomic mass is 15.0. The Morgan fingerprint density at radius 1 is 0.500 bits per heavy atom. The summed E-state index contributed by atoms with van der Waals surface area (Å²) in [5.41, 5.74) is 13.4. The molecular formula is C51H33N5. The van der Waals surface area contributed by atoms with E-state index in [0.29, 0.717) is 11.1 Å². The van der Waals surface area contributed by atoms with Gasteiger partial charge in [-0.2, -0.15) is 10.5 Å². The molecule has 0 N–H and O–H groups in total. The topological polar surface area (TPSA) is 62.4 Å². The Labute approximate surface area is 323 Å². The Hall–Kier alpha value is -7.86. The van der Waals surface area contributed by atoms with Gasteiger partial charge in [0.15, 0.2) is 0 Å². The molecule has 0 radical (unpaired) electrons. The van der Waals surface area contributed by atoms with Crippen LogP contribution in [-0.2, 0) is 0 Å². The summed E-state index contributed by atoms with van der Waals surface area (Å²) in [7, 11) is 0. The van der Waals surface area contributed by atoms with E-state index in [1.165, 1.54) is 21.7 Å². The molecule has 0 atom stereocenters. The Kier molecular flexibility index (Phi) is 7.56. The van der Waals surface area contributed by atoms with E-state index in [1.807, 2.05) is 48.6 Å². The molecule has 0 saturated heterocycles. The standard InChI is InChI=1S/C51H33N5/c1-3-4-20-46-33(2)41-16-5-8-21-47(41)54(46)39-24-25-44-42-17-6-9-22-48(42)55(50(44)30-39)38-15-11-13-35(28-38)37-26-34(31-52)27-40(29-37)56-49-23-10-7-18-43(49)45-19-12-14-36(32-53)51(45)56/h3-30H,1H2,2H3/b20-4-. The molecule has 0 bridgehead atoms. The van der Waals surface area contributed by atoms with E-state index < -0.39 is 0 Å². The van der Waals surface area contributed by atoms with Crippen LogP contribution < -0.4 is 0 Å². The minimum Gasteiger partial charge on any atom is -0.310 e. The van der Waals surface area contributed by atoms with Gasteiger partial charge in [-0.05, 0) is 96.4 Å². The van der Waals surface area contributed by atoms with Crippen molar-refractivity contribution in [2.75, 3.05) is 0 Å². The average molecular weight is 716 g/mol. The summed E-state index contributed by atoms with van der Waals surface area (Å²) in [5, 5.41) is 26.1. The van der Waals surface area contributed by atoms with Crippen molar-refractivity contribution in [1.82, 2.24) is 13.7 Å². The minimum absolute atomic E-state index is 0.542. The number of fused-ring (bicyclic) bond motifs is 7. The van der Waals surface area contributed by atoms with Crippen LogP contribution in [0.15, 0.2) is 170 Å². The lowest BCUT2D eigenvalue weighted by Gasteiger charge is -2.14. The summed E-state index contributed by atoms with van der Waals surface area (Å²) < 4.78 is 6.80. The lowest BCUT2D eigenvalue weighted by molar-refractivity contribution is 1.09. The van der Waals surface area contributed by atoms with Gasteiger partial charge in [0.05, 0.1) is 44.8 Å². The maximum atomic E-state index is 10.3. The zero-order valence-electron chi connectivity index (χ0n) is 30.6. The predicted octanol–water partition coefficient (Wildman–Crippen LogP) is 12.7. The highest BCUT2D eigenvalue weighted by Crippen LogP contribution is 2.39. The second-order valence-corrected chi connectivity index (χ2v) is 14.1. The molecule has 262 valence electrons. The third-order valence-corrected chi connectivity index (χ3v) is 11.0. The maximum absolute atomic E-state index is 10.3. The molecule has 0 aliphatic rings. The Bertz CT molecular complexity index is 3370. The molecule has 5 heteroatoms. The first-order valence-electron chi connectivity index (χ1n) is 18.6. The summed E-state index contributed by atoms with van der Waals surface area (Å²) >= 11 is 0. The summed E-state index contributed by atoms with van der Waals surface area (Å²) in [5.74, 6) is 0. The first-order chi connectivity index (χ1) is 27.6. The first kappa shape index (κ1) is 32.8. The summed E-state index contributed by atoms with van der Waals surface area (Å²) in [6.07, 6.45) is 5.95. The molecule has 0 saturated carbocycles. The molecule has 0 unspecified atom stereocenters. The SMILES string of the molecule is C=C/C=C\c1c(C)c2ccccc2n1-c1ccc2c3ccccc3n(-c3cccc(-c4cc(C#N)cc(-n5c6ccccc6c6cccc(C#N)c65)c4)c3)c2c1. The van der Waals surface area contributed by atoms with Crippen LogP contribution in [0.25, 0.3) is 88.8 Å². The van der Waals surface area contributed by atoms with Crippen molar-refractivity contribution >= 4 is 60.6 Å². The first-order valence-corrected chi connectivity index (χ1v) is 18.6. The van der Waals surface area contributed by atoms with Gasteiger partial charge < -0.3 is 13.7 Å². The summed E-state index contributed by atoms with van der Waals surface area (Å²) in [6.45, 7) is 6.11. The van der Waals surface area contributed by atoms with Crippen molar-refractivity contribution in [3.05, 3.63) is 193 Å². The Morgan fingerprint density at radius 3 is 1.88 bits per heavy atom. The Morgan fingerprint density at radius 2 is 1.12 bits per heavy atom. The molecule has 0 spiro atoms. The number of benzene rings is 7. The van der Waals surface area contributed by atoms with Crippen molar-refractivity contribution < 1.29 is 0 Å². The van der Waals surface area contributed by atoms with E-state index in [2.05, 4.69) is 161 Å². The van der Waals surface area contributed by atoms with Crippen LogP contribution in [0.5, 0.6) is 0 Å². The number of hydrogen-bond acceptors (Lipinski definition) is 2. The fourth-order valence-corrected chi connectivity index (χ4v) is 8.61. The lowest BCUT2D eigenvalue weighted by atomic mass is 10.0. The van der Waals surface area contributed by atoms with Crippen LogP contribution in [0.2, 0.25) is 0 Å². The molecule has 10 rings (SSSR count). The number of para-hydroxylation sites is 4. The van der Waals surface area contributed by atoms with Crippen molar-refractivity contribution in [3.63, 3.8) is 0 Å². The molecule has 5 nitrogen and oxygen atoms in total. The second kappa shape index (κ2) is 12.9. The van der Waals surface area contributed by atoms with E-state index in [9.17, 15) is 10.5 Å². The monoisotopic (exact) mass is 715 g/mol. The molecular weight excluding hydrogens is 683 g/mol. The van der Waals surface area contributed by atoms with Crippen molar-refractivity contribution in [2.24, 2.45) is 0 Å². The molecule has 7 aromatic carbocycles. The molecule has 0 amide bonds. The third kappa shape index (κ3) is 4.93. The van der Waals surface area contributed by atoms with Gasteiger partial charge in [0, 0.05) is 49.7 Å². The highest BCUT2D eigenvalue weighted by Gasteiger charge is 2.19. The molecule has 0 aliphatic carbocycles. The number of aromatic nitrogens is 3. The van der Waals surface area contributed by atoms with Crippen LogP contribution in [0, 0.1) is 29.6 Å². The van der Waals surface area contributed by atoms with E-state index in [1.54, 1.807) is 0 Å². The number of allylic oxidation sites excluding steroid dienone is 2. The van der Waals surface area contributed by atoms with Crippen molar-refractivity contribution in [1.29, 1.82) is 10.5 Å². The van der Waals surface area contributed by atoms with Crippen LogP contribution in [-0.4, -0.2) is 13.7 Å². The molecule has 0 fully saturated rings. The number of aryl methyl sites for hydroxylation is 1. The van der Waals surface area contributed by atoms with Gasteiger partial charge in [-0.25, -0.2) is 0 Å². The quantitative estimate of drug-likeness (QED) is 0.161. The van der Waals surface area contributed by atoms with Crippen LogP contribution in [0.3, 0.4) is 0 Å². The number of hydrogen-bond donors (Lipinski definition) is 0. The summed E-state index contributed by atoms with van der Waals surface area (Å²) in [4.78, 5) is 0. The molecule has 3 aromatic heterocycles. The smallest absolute Gasteiger partial charge is 0.101 e. The van der Waals surface area contributed by atoms with Gasteiger partial charge in [0.25, 0.3) is 0 Å². The Balaban J connectivity index is 1.19. The minimum atomic E-state index is 0.542. The predicted molar refractivity (Wildman–Crippen MR) is 231 cm³/mol. The maximum Gasteiger partial charge on any atom is 0.101 e. The molecule has 3 heterocycles. The van der Waals surface area contributed by atoms with E-state index in [0.717, 1.165) is 72.2 Å². The second-order valence-electron chi connectivity index (χ2n) is 14.1. The van der Waals surface area contributed by atoms with E-state index >= 15 is 0 Å². The van der Waals surface area contributed by atoms with Crippen LogP contribution in [0.4, 0.5) is 0 Å². The van der Waals surface area contributed by atoms with Crippen molar-refractivity contribution in [2.45, 2.75) is 6.92 Å².